The van der Waals surface area contributed by atoms with Crippen LogP contribution in [0.25, 0.3) is 0 Å². The summed E-state index contributed by atoms with van der Waals surface area (Å²) in [5, 5.41) is 3.46. The number of hydrogen-bond acceptors (Lipinski definition) is 4. The van der Waals surface area contributed by atoms with Crippen LogP contribution in [0.4, 0.5) is 5.69 Å². The molecule has 1 heterocycles. The molecular weight excluding hydrogens is 366 g/mol. The van der Waals surface area contributed by atoms with Gasteiger partial charge in [-0.2, -0.15) is 0 Å². The normalized spacial score (nSPS) is 21.3. The van der Waals surface area contributed by atoms with Crippen LogP contribution in [0.5, 0.6) is 11.5 Å². The number of methoxy groups -OCH3 is 1. The van der Waals surface area contributed by atoms with E-state index in [1.54, 1.807) is 19.2 Å². The quantitative estimate of drug-likeness (QED) is 0.776. The molecule has 1 aliphatic carbocycles. The summed E-state index contributed by atoms with van der Waals surface area (Å²) in [7, 11) is 1.63. The summed E-state index contributed by atoms with van der Waals surface area (Å²) in [6, 6.07) is 13.2. The molecular formula is C21H22ClNO4. The van der Waals surface area contributed by atoms with Gasteiger partial charge >= 0.3 is 0 Å². The fourth-order valence-corrected chi connectivity index (χ4v) is 3.45. The van der Waals surface area contributed by atoms with E-state index in [1.165, 1.54) is 0 Å². The predicted molar refractivity (Wildman–Crippen MR) is 104 cm³/mol. The summed E-state index contributed by atoms with van der Waals surface area (Å²) in [6.07, 6.45) is 0.819. The molecule has 5 nitrogen and oxygen atoms in total. The van der Waals surface area contributed by atoms with Gasteiger partial charge in [0.1, 0.15) is 0 Å². The van der Waals surface area contributed by atoms with Crippen molar-refractivity contribution in [3.63, 3.8) is 0 Å². The molecule has 1 amide bonds. The first-order valence-electron chi connectivity index (χ1n) is 9.09. The zero-order valence-corrected chi connectivity index (χ0v) is 15.9. The Bertz CT molecular complexity index is 837. The molecule has 0 spiro atoms. The van der Waals surface area contributed by atoms with Gasteiger partial charge in [-0.05, 0) is 42.2 Å². The summed E-state index contributed by atoms with van der Waals surface area (Å²) in [6.45, 7) is 2.14. The van der Waals surface area contributed by atoms with Gasteiger partial charge < -0.3 is 19.5 Å². The number of ether oxygens (including phenoxy) is 3. The standard InChI is InChI=1S/C21H22ClNO4/c1-25-20-8-14(6-7-19(20)27-12-13-10-26-11-13)15-9-16(15)21(24)23-18-5-3-2-4-17(18)22/h2-8,13,15-16H,9-12H2,1H3,(H,23,24). The minimum atomic E-state index is -0.0510. The number of para-hydroxylation sites is 1. The third-order valence-electron chi connectivity index (χ3n) is 5.06. The molecule has 1 saturated heterocycles. The van der Waals surface area contributed by atoms with E-state index in [9.17, 15) is 4.79 Å². The summed E-state index contributed by atoms with van der Waals surface area (Å²) in [5.74, 6) is 2.02. The van der Waals surface area contributed by atoms with Gasteiger partial charge in [-0.25, -0.2) is 0 Å². The molecule has 2 atom stereocenters. The minimum absolute atomic E-state index is 0.00243. The highest BCUT2D eigenvalue weighted by Crippen LogP contribution is 2.49. The summed E-state index contributed by atoms with van der Waals surface area (Å²) in [5.41, 5.74) is 1.74. The molecule has 1 aliphatic heterocycles. The minimum Gasteiger partial charge on any atom is -0.493 e. The molecule has 27 heavy (non-hydrogen) atoms. The molecule has 1 saturated carbocycles. The van der Waals surface area contributed by atoms with Crippen molar-refractivity contribution < 1.29 is 19.0 Å². The Hall–Kier alpha value is -2.24. The van der Waals surface area contributed by atoms with Crippen LogP contribution in [0.2, 0.25) is 5.02 Å². The van der Waals surface area contributed by atoms with E-state index >= 15 is 0 Å². The predicted octanol–water partition coefficient (Wildman–Crippen LogP) is 4.12. The number of amides is 1. The first-order chi connectivity index (χ1) is 13.2. The van der Waals surface area contributed by atoms with Gasteiger partial charge in [-0.3, -0.25) is 4.79 Å². The highest BCUT2D eigenvalue weighted by Gasteiger charge is 2.44. The van der Waals surface area contributed by atoms with Crippen LogP contribution in [-0.2, 0) is 9.53 Å². The Morgan fingerprint density at radius 1 is 1.22 bits per heavy atom. The van der Waals surface area contributed by atoms with Crippen molar-refractivity contribution in [3.8, 4) is 11.5 Å². The van der Waals surface area contributed by atoms with Crippen LogP contribution < -0.4 is 14.8 Å². The molecule has 4 rings (SSSR count). The van der Waals surface area contributed by atoms with E-state index in [0.717, 1.165) is 30.9 Å². The summed E-state index contributed by atoms with van der Waals surface area (Å²) >= 11 is 6.12. The third kappa shape index (κ3) is 4.04. The highest BCUT2D eigenvalue weighted by molar-refractivity contribution is 6.33. The first kappa shape index (κ1) is 18.1. The summed E-state index contributed by atoms with van der Waals surface area (Å²) < 4.78 is 16.5. The van der Waals surface area contributed by atoms with Crippen LogP contribution in [0, 0.1) is 11.8 Å². The smallest absolute Gasteiger partial charge is 0.228 e. The fraction of sp³-hybridized carbons (Fsp3) is 0.381. The summed E-state index contributed by atoms with van der Waals surface area (Å²) in [4.78, 5) is 12.5. The maximum Gasteiger partial charge on any atom is 0.228 e. The molecule has 2 unspecified atom stereocenters. The molecule has 2 aliphatic rings. The number of carbonyl (C=O) groups excluding carboxylic acids is 1. The lowest BCUT2D eigenvalue weighted by atomic mass is 10.1. The van der Waals surface area contributed by atoms with E-state index in [4.69, 9.17) is 25.8 Å². The maximum absolute atomic E-state index is 12.5. The van der Waals surface area contributed by atoms with Gasteiger partial charge in [-0.15, -0.1) is 0 Å². The molecule has 2 fully saturated rings. The van der Waals surface area contributed by atoms with Crippen molar-refractivity contribution in [2.75, 3.05) is 32.2 Å². The second kappa shape index (κ2) is 7.79. The van der Waals surface area contributed by atoms with Crippen LogP contribution in [0.15, 0.2) is 42.5 Å². The number of anilines is 1. The monoisotopic (exact) mass is 387 g/mol. The van der Waals surface area contributed by atoms with Crippen molar-refractivity contribution in [1.82, 2.24) is 0 Å². The Morgan fingerprint density at radius 2 is 2.04 bits per heavy atom. The van der Waals surface area contributed by atoms with E-state index in [2.05, 4.69) is 5.32 Å². The topological polar surface area (TPSA) is 56.8 Å². The van der Waals surface area contributed by atoms with Gasteiger partial charge in [-0.1, -0.05) is 29.8 Å². The fourth-order valence-electron chi connectivity index (χ4n) is 3.26. The molecule has 1 N–H and O–H groups in total. The van der Waals surface area contributed by atoms with Crippen LogP contribution in [-0.4, -0.2) is 32.8 Å². The van der Waals surface area contributed by atoms with Gasteiger partial charge in [0.25, 0.3) is 0 Å². The van der Waals surface area contributed by atoms with Crippen LogP contribution in [0.1, 0.15) is 17.9 Å². The lowest BCUT2D eigenvalue weighted by Gasteiger charge is -2.26. The van der Waals surface area contributed by atoms with Crippen molar-refractivity contribution in [1.29, 1.82) is 0 Å². The average molecular weight is 388 g/mol. The molecule has 0 radical (unpaired) electrons. The van der Waals surface area contributed by atoms with E-state index in [0.29, 0.717) is 29.0 Å². The number of nitrogens with one attached hydrogen (secondary N) is 1. The van der Waals surface area contributed by atoms with E-state index in [-0.39, 0.29) is 17.7 Å². The molecule has 142 valence electrons. The Balaban J connectivity index is 1.39. The Kier molecular flexibility index (Phi) is 5.23. The second-order valence-corrected chi connectivity index (χ2v) is 7.45. The lowest BCUT2D eigenvalue weighted by Crippen LogP contribution is -2.32. The maximum atomic E-state index is 12.5. The van der Waals surface area contributed by atoms with Gasteiger partial charge in [0.05, 0.1) is 37.6 Å². The van der Waals surface area contributed by atoms with Gasteiger partial charge in [0.2, 0.25) is 5.91 Å². The number of benzene rings is 2. The number of rotatable bonds is 7. The van der Waals surface area contributed by atoms with Crippen LogP contribution in [0.3, 0.4) is 0 Å². The van der Waals surface area contributed by atoms with E-state index < -0.39 is 0 Å². The SMILES string of the molecule is COc1cc(C2CC2C(=O)Nc2ccccc2Cl)ccc1OCC1COC1. The lowest BCUT2D eigenvalue weighted by molar-refractivity contribution is -0.117. The van der Waals surface area contributed by atoms with Gasteiger partial charge in [0.15, 0.2) is 11.5 Å². The average Bonchev–Trinajstić information content (AvgIpc) is 3.43. The first-order valence-corrected chi connectivity index (χ1v) is 9.47. The largest absolute Gasteiger partial charge is 0.493 e. The number of halogens is 1. The molecule has 2 aromatic carbocycles. The molecule has 0 aromatic heterocycles. The van der Waals surface area contributed by atoms with Crippen LogP contribution >= 0.6 is 11.6 Å². The number of hydrogen-bond donors (Lipinski definition) is 1. The second-order valence-electron chi connectivity index (χ2n) is 7.04. The molecule has 0 bridgehead atoms. The Labute approximate surface area is 163 Å². The van der Waals surface area contributed by atoms with Crippen molar-refractivity contribution in [2.24, 2.45) is 11.8 Å². The van der Waals surface area contributed by atoms with Crippen molar-refractivity contribution in [2.45, 2.75) is 12.3 Å². The van der Waals surface area contributed by atoms with Crippen molar-refractivity contribution >= 4 is 23.2 Å². The molecule has 6 heteroatoms. The van der Waals surface area contributed by atoms with E-state index in [1.807, 2.05) is 30.3 Å². The third-order valence-corrected chi connectivity index (χ3v) is 5.39. The Morgan fingerprint density at radius 3 is 2.74 bits per heavy atom. The highest BCUT2D eigenvalue weighted by atomic mass is 35.5. The zero-order valence-electron chi connectivity index (χ0n) is 15.1. The van der Waals surface area contributed by atoms with Crippen molar-refractivity contribution in [3.05, 3.63) is 53.1 Å². The number of carbonyl (C=O) groups is 1. The zero-order chi connectivity index (χ0) is 18.8. The van der Waals surface area contributed by atoms with Gasteiger partial charge in [0, 0.05) is 11.8 Å². The molecule has 2 aromatic rings.